The molecule has 0 bridgehead atoms. The molecule has 1 fully saturated rings. The summed E-state index contributed by atoms with van der Waals surface area (Å²) in [6.45, 7) is 7.62. The first-order valence-corrected chi connectivity index (χ1v) is 11.4. The first kappa shape index (κ1) is 27.0. The summed E-state index contributed by atoms with van der Waals surface area (Å²) < 4.78 is 1.72. The van der Waals surface area contributed by atoms with Gasteiger partial charge in [0.2, 0.25) is 0 Å². The molecule has 0 unspecified atom stereocenters. The molecule has 1 aromatic heterocycles. The van der Waals surface area contributed by atoms with Gasteiger partial charge >= 0.3 is 0 Å². The van der Waals surface area contributed by atoms with Crippen molar-refractivity contribution in [2.24, 2.45) is 0 Å². The third-order valence-electron chi connectivity index (χ3n) is 5.08. The summed E-state index contributed by atoms with van der Waals surface area (Å²) in [6, 6.07) is 15.8. The van der Waals surface area contributed by atoms with E-state index in [0.29, 0.717) is 21.4 Å². The fourth-order valence-electron chi connectivity index (χ4n) is 3.62. The van der Waals surface area contributed by atoms with Gasteiger partial charge in [-0.25, -0.2) is 9.69 Å². The van der Waals surface area contributed by atoms with E-state index in [-0.39, 0.29) is 38.6 Å². The number of hydrazine groups is 1. The summed E-state index contributed by atoms with van der Waals surface area (Å²) in [5, 5.41) is 7.63. The minimum atomic E-state index is -0.211. The van der Waals surface area contributed by atoms with Gasteiger partial charge in [-0.3, -0.25) is 10.2 Å². The Bertz CT molecular complexity index is 1030. The molecule has 4 rings (SSSR count). The van der Waals surface area contributed by atoms with E-state index in [1.807, 2.05) is 56.1 Å². The second kappa shape index (κ2) is 12.9. The zero-order valence-corrected chi connectivity index (χ0v) is 23.0. The summed E-state index contributed by atoms with van der Waals surface area (Å²) in [5.74, 6) is -0.211. The molecule has 32 heavy (non-hydrogen) atoms. The van der Waals surface area contributed by atoms with E-state index in [9.17, 15) is 4.79 Å². The van der Waals surface area contributed by atoms with Crippen molar-refractivity contribution in [3.8, 4) is 16.9 Å². The van der Waals surface area contributed by atoms with E-state index in [1.54, 1.807) is 16.8 Å². The van der Waals surface area contributed by atoms with Gasteiger partial charge in [-0.1, -0.05) is 43.5 Å². The van der Waals surface area contributed by atoms with Crippen molar-refractivity contribution in [1.29, 1.82) is 0 Å². The first-order chi connectivity index (χ1) is 15.0. The molecular formula is C24H27Cl2N4OY-. The average molecular weight is 547 g/mol. The molecule has 1 N–H and O–H groups in total. The van der Waals surface area contributed by atoms with Crippen molar-refractivity contribution in [2.75, 3.05) is 13.1 Å². The molecule has 2 aromatic carbocycles. The van der Waals surface area contributed by atoms with Crippen molar-refractivity contribution in [3.63, 3.8) is 0 Å². The van der Waals surface area contributed by atoms with Crippen molar-refractivity contribution >= 4 is 29.1 Å². The summed E-state index contributed by atoms with van der Waals surface area (Å²) in [6.07, 6.45) is 3.37. The van der Waals surface area contributed by atoms with Crippen molar-refractivity contribution in [2.45, 2.75) is 40.0 Å². The Morgan fingerprint density at radius 2 is 1.72 bits per heavy atom. The van der Waals surface area contributed by atoms with Gasteiger partial charge in [-0.05, 0) is 38.0 Å². The van der Waals surface area contributed by atoms with Gasteiger partial charge in [0, 0.05) is 56.4 Å². The molecule has 1 aliphatic rings. The molecule has 8 heteroatoms. The summed E-state index contributed by atoms with van der Waals surface area (Å²) in [4.78, 5) is 13.0. The van der Waals surface area contributed by atoms with E-state index in [0.717, 1.165) is 42.8 Å². The molecule has 1 radical (unpaired) electrons. The number of carbonyl (C=O) groups is 1. The second-order valence-electron chi connectivity index (χ2n) is 7.11. The third kappa shape index (κ3) is 6.21. The molecule has 0 atom stereocenters. The minimum absolute atomic E-state index is 0. The van der Waals surface area contributed by atoms with Gasteiger partial charge in [0.1, 0.15) is 0 Å². The van der Waals surface area contributed by atoms with Crippen LogP contribution in [0.4, 0.5) is 0 Å². The predicted molar refractivity (Wildman–Crippen MR) is 127 cm³/mol. The van der Waals surface area contributed by atoms with E-state index in [2.05, 4.69) is 16.6 Å². The van der Waals surface area contributed by atoms with Gasteiger partial charge in [0.05, 0.1) is 16.4 Å². The van der Waals surface area contributed by atoms with Crippen LogP contribution in [0.3, 0.4) is 0 Å². The quantitative estimate of drug-likeness (QED) is 0.402. The van der Waals surface area contributed by atoms with Crippen LogP contribution in [0.15, 0.2) is 42.5 Å². The van der Waals surface area contributed by atoms with Crippen LogP contribution in [0.25, 0.3) is 16.9 Å². The van der Waals surface area contributed by atoms with Gasteiger partial charge in [-0.15, -0.1) is 5.56 Å². The number of aromatic nitrogens is 2. The molecule has 3 aromatic rings. The number of carbonyl (C=O) groups excluding carboxylic acids is 1. The zero-order chi connectivity index (χ0) is 22.4. The predicted octanol–water partition coefficient (Wildman–Crippen LogP) is 6.11. The Balaban J connectivity index is 0.00000118. The van der Waals surface area contributed by atoms with Crippen LogP contribution in [0.2, 0.25) is 10.0 Å². The second-order valence-corrected chi connectivity index (χ2v) is 7.95. The van der Waals surface area contributed by atoms with Gasteiger partial charge in [0.15, 0.2) is 5.69 Å². The molecule has 5 nitrogen and oxygen atoms in total. The smallest absolute Gasteiger partial charge is 0.283 e. The normalized spacial score (nSPS) is 13.5. The number of rotatable bonds is 4. The molecule has 0 saturated carbocycles. The Labute approximate surface area is 225 Å². The fourth-order valence-corrected chi connectivity index (χ4v) is 4.11. The number of piperidine rings is 1. The molecule has 167 valence electrons. The van der Waals surface area contributed by atoms with Crippen LogP contribution in [0.5, 0.6) is 0 Å². The Morgan fingerprint density at radius 1 is 1.06 bits per heavy atom. The van der Waals surface area contributed by atoms with Crippen LogP contribution >= 0.6 is 23.2 Å². The number of benzene rings is 2. The fraction of sp³-hybridized carbons (Fsp3) is 0.333. The molecule has 0 aliphatic carbocycles. The Hall–Kier alpha value is -1.24. The van der Waals surface area contributed by atoms with Crippen LogP contribution in [0, 0.1) is 13.0 Å². The third-order valence-corrected chi connectivity index (χ3v) is 5.62. The number of hydrogen-bond donors (Lipinski definition) is 1. The molecule has 2 heterocycles. The van der Waals surface area contributed by atoms with Crippen LogP contribution in [-0.4, -0.2) is 33.8 Å². The molecular weight excluding hydrogens is 520 g/mol. The molecule has 0 spiro atoms. The van der Waals surface area contributed by atoms with Crippen LogP contribution in [-0.2, 0) is 32.7 Å². The van der Waals surface area contributed by atoms with Crippen molar-refractivity contribution in [1.82, 2.24) is 20.2 Å². The zero-order valence-electron chi connectivity index (χ0n) is 18.7. The van der Waals surface area contributed by atoms with E-state index in [1.165, 1.54) is 6.42 Å². The van der Waals surface area contributed by atoms with Crippen molar-refractivity contribution < 1.29 is 37.5 Å². The maximum Gasteiger partial charge on any atom is 0.286 e. The summed E-state index contributed by atoms with van der Waals surface area (Å²) >= 11 is 12.5. The number of amides is 1. The average Bonchev–Trinajstić information content (AvgIpc) is 3.13. The van der Waals surface area contributed by atoms with Gasteiger partial charge < -0.3 is 0 Å². The Morgan fingerprint density at radius 3 is 2.34 bits per heavy atom. The molecule has 1 saturated heterocycles. The number of nitrogens with zero attached hydrogens (tertiary/aromatic N) is 3. The minimum Gasteiger partial charge on any atom is -0.283 e. The first-order valence-electron chi connectivity index (χ1n) is 10.6. The standard InChI is InChI=1S/C22H21Cl2N4O.C2H6.Y/c1-15-20(22(29)26-27-12-6-3-7-13-27)25-28(19-11-10-17(23)14-18(19)24)21(15)16-8-4-2-5-9-16;1-2;/h4-5,8-11,14H,3,6-7,12-13H2,1H3,(H,26,29);1-2H3;/q-1;;. The van der Waals surface area contributed by atoms with Crippen LogP contribution in [0.1, 0.15) is 49.2 Å². The molecule has 1 aliphatic heterocycles. The SMILES string of the molecule is CC.Cc1c(C(=O)NN2CCCCC2)nn(-c2ccc(Cl)cc2Cl)c1-c1cc[c-]cc1.[Y]. The van der Waals surface area contributed by atoms with Gasteiger partial charge in [0.25, 0.3) is 5.91 Å². The van der Waals surface area contributed by atoms with E-state index < -0.39 is 0 Å². The number of nitrogens with one attached hydrogen (secondary N) is 1. The Kier molecular flexibility index (Phi) is 10.9. The van der Waals surface area contributed by atoms with Crippen LogP contribution < -0.4 is 5.43 Å². The topological polar surface area (TPSA) is 50.2 Å². The summed E-state index contributed by atoms with van der Waals surface area (Å²) in [7, 11) is 0. The largest absolute Gasteiger partial charge is 0.286 e. The monoisotopic (exact) mass is 546 g/mol. The van der Waals surface area contributed by atoms with Crippen molar-refractivity contribution in [3.05, 3.63) is 69.8 Å². The maximum atomic E-state index is 13.0. The van der Waals surface area contributed by atoms with Gasteiger partial charge in [-0.2, -0.15) is 35.4 Å². The number of hydrogen-bond acceptors (Lipinski definition) is 3. The number of halogens is 2. The summed E-state index contributed by atoms with van der Waals surface area (Å²) in [5.41, 5.74) is 6.57. The van der Waals surface area contributed by atoms with E-state index >= 15 is 0 Å². The molecule has 1 amide bonds. The van der Waals surface area contributed by atoms with E-state index in [4.69, 9.17) is 23.2 Å². The maximum absolute atomic E-state index is 13.0.